The number of rotatable bonds is 4. The summed E-state index contributed by atoms with van der Waals surface area (Å²) in [7, 11) is 0. The number of nitrogens with two attached hydrogens (primary N) is 1. The molecule has 2 rings (SSSR count). The van der Waals surface area contributed by atoms with Crippen molar-refractivity contribution >= 4 is 27.7 Å². The minimum absolute atomic E-state index is 0.312. The van der Waals surface area contributed by atoms with Crippen LogP contribution in [0.2, 0.25) is 0 Å². The van der Waals surface area contributed by atoms with Gasteiger partial charge in [-0.2, -0.15) is 4.98 Å². The van der Waals surface area contributed by atoms with Gasteiger partial charge in [0.1, 0.15) is 5.82 Å². The molecule has 1 aromatic rings. The highest BCUT2D eigenvalue weighted by atomic mass is 79.9. The second kappa shape index (κ2) is 6.36. The maximum Gasteiger partial charge on any atom is 0.221 e. The molecule has 1 aliphatic carbocycles. The Bertz CT molecular complexity index is 397. The van der Waals surface area contributed by atoms with Crippen molar-refractivity contribution in [1.29, 1.82) is 0 Å². The van der Waals surface area contributed by atoms with Crippen LogP contribution in [0.15, 0.2) is 10.7 Å². The topological polar surface area (TPSA) is 63.8 Å². The number of hydrogen-bond donors (Lipinski definition) is 2. The average Bonchev–Trinajstić information content (AvgIpc) is 2.34. The maximum absolute atomic E-state index is 5.58. The molecule has 1 aliphatic rings. The van der Waals surface area contributed by atoms with Crippen LogP contribution in [0.3, 0.4) is 0 Å². The van der Waals surface area contributed by atoms with E-state index >= 15 is 0 Å². The number of aromatic nitrogens is 2. The summed E-state index contributed by atoms with van der Waals surface area (Å²) in [5, 5.41) is 3.34. The molecular formula is C13H21BrN4. The van der Waals surface area contributed by atoms with Crippen molar-refractivity contribution in [2.45, 2.75) is 39.0 Å². The molecule has 0 radical (unpaired) electrons. The number of nitrogen functional groups attached to an aromatic ring is 1. The zero-order chi connectivity index (χ0) is 13.0. The van der Waals surface area contributed by atoms with Crippen LogP contribution >= 0.6 is 15.9 Å². The summed E-state index contributed by atoms with van der Waals surface area (Å²) >= 11 is 3.42. The maximum atomic E-state index is 5.58. The lowest BCUT2D eigenvalue weighted by Gasteiger charge is -2.26. The van der Waals surface area contributed by atoms with Gasteiger partial charge in [0.05, 0.1) is 4.47 Å². The van der Waals surface area contributed by atoms with Crippen LogP contribution in [0.25, 0.3) is 0 Å². The molecule has 0 spiro atoms. The number of halogens is 1. The van der Waals surface area contributed by atoms with Gasteiger partial charge in [0.25, 0.3) is 0 Å². The van der Waals surface area contributed by atoms with Crippen LogP contribution < -0.4 is 11.1 Å². The molecule has 1 fully saturated rings. The normalized spacial score (nSPS) is 23.9. The summed E-state index contributed by atoms with van der Waals surface area (Å²) in [4.78, 5) is 8.11. The van der Waals surface area contributed by atoms with E-state index in [1.54, 1.807) is 6.20 Å². The summed E-state index contributed by atoms with van der Waals surface area (Å²) in [6.45, 7) is 3.31. The van der Waals surface area contributed by atoms with Gasteiger partial charge in [-0.25, -0.2) is 4.98 Å². The fourth-order valence-corrected chi connectivity index (χ4v) is 3.05. The van der Waals surface area contributed by atoms with Crippen LogP contribution in [0.4, 0.5) is 11.8 Å². The predicted octanol–water partition coefficient (Wildman–Crippen LogP) is 3.45. The molecule has 1 aromatic heterocycles. The van der Waals surface area contributed by atoms with Crippen LogP contribution in [0.5, 0.6) is 0 Å². The van der Waals surface area contributed by atoms with Gasteiger partial charge in [0.2, 0.25) is 5.95 Å². The highest BCUT2D eigenvalue weighted by Crippen LogP contribution is 2.30. The standard InChI is InChI=1S/C13H21BrN4/c1-9-3-2-4-10(7-9)5-6-16-12-11(14)8-17-13(15)18-12/h8-10H,2-7H2,1H3,(H3,15,16,17,18). The van der Waals surface area contributed by atoms with E-state index in [-0.39, 0.29) is 0 Å². The Hall–Kier alpha value is -0.840. The van der Waals surface area contributed by atoms with Gasteiger partial charge in [-0.1, -0.05) is 26.2 Å². The number of nitrogens with one attached hydrogen (secondary N) is 1. The lowest BCUT2D eigenvalue weighted by atomic mass is 9.81. The second-order valence-electron chi connectivity index (χ2n) is 5.28. The third kappa shape index (κ3) is 3.83. The summed E-state index contributed by atoms with van der Waals surface area (Å²) in [5.41, 5.74) is 5.58. The molecule has 100 valence electrons. The zero-order valence-corrected chi connectivity index (χ0v) is 12.4. The van der Waals surface area contributed by atoms with Crippen molar-refractivity contribution in [3.05, 3.63) is 10.7 Å². The lowest BCUT2D eigenvalue weighted by Crippen LogP contribution is -2.17. The molecule has 1 saturated carbocycles. The molecule has 5 heteroatoms. The Morgan fingerprint density at radius 3 is 3.11 bits per heavy atom. The molecule has 0 aromatic carbocycles. The Morgan fingerprint density at radius 1 is 1.50 bits per heavy atom. The Labute approximate surface area is 117 Å². The number of hydrogen-bond acceptors (Lipinski definition) is 4. The van der Waals surface area contributed by atoms with E-state index < -0.39 is 0 Å². The van der Waals surface area contributed by atoms with Gasteiger partial charge < -0.3 is 11.1 Å². The fourth-order valence-electron chi connectivity index (χ4n) is 2.72. The Kier molecular flexibility index (Phi) is 4.80. The summed E-state index contributed by atoms with van der Waals surface area (Å²) in [6.07, 6.45) is 8.43. The monoisotopic (exact) mass is 312 g/mol. The largest absolute Gasteiger partial charge is 0.369 e. The molecular weight excluding hydrogens is 292 g/mol. The van der Waals surface area contributed by atoms with Crippen molar-refractivity contribution in [3.8, 4) is 0 Å². The van der Waals surface area contributed by atoms with E-state index in [1.807, 2.05) is 0 Å². The molecule has 0 saturated heterocycles. The van der Waals surface area contributed by atoms with E-state index in [2.05, 4.69) is 38.1 Å². The highest BCUT2D eigenvalue weighted by Gasteiger charge is 2.18. The lowest BCUT2D eigenvalue weighted by molar-refractivity contribution is 0.274. The highest BCUT2D eigenvalue weighted by molar-refractivity contribution is 9.10. The first-order valence-corrected chi connectivity index (χ1v) is 7.46. The molecule has 3 N–H and O–H groups in total. The Balaban J connectivity index is 1.79. The quantitative estimate of drug-likeness (QED) is 0.893. The predicted molar refractivity (Wildman–Crippen MR) is 78.4 cm³/mol. The van der Waals surface area contributed by atoms with Crippen LogP contribution in [0.1, 0.15) is 39.0 Å². The van der Waals surface area contributed by atoms with Gasteiger partial charge in [-0.05, 0) is 40.6 Å². The fraction of sp³-hybridized carbons (Fsp3) is 0.692. The van der Waals surface area contributed by atoms with E-state index in [0.717, 1.165) is 28.7 Å². The van der Waals surface area contributed by atoms with E-state index in [4.69, 9.17) is 5.73 Å². The molecule has 0 amide bonds. The van der Waals surface area contributed by atoms with Gasteiger partial charge in [-0.15, -0.1) is 0 Å². The van der Waals surface area contributed by atoms with Crippen LogP contribution in [-0.4, -0.2) is 16.5 Å². The summed E-state index contributed by atoms with van der Waals surface area (Å²) in [5.74, 6) is 2.86. The Morgan fingerprint density at radius 2 is 2.33 bits per heavy atom. The van der Waals surface area contributed by atoms with Crippen LogP contribution in [-0.2, 0) is 0 Å². The minimum atomic E-state index is 0.312. The first-order chi connectivity index (χ1) is 8.65. The van der Waals surface area contributed by atoms with Gasteiger partial charge in [0.15, 0.2) is 0 Å². The molecule has 1 heterocycles. The summed E-state index contributed by atoms with van der Waals surface area (Å²) in [6, 6.07) is 0. The molecule has 2 unspecified atom stereocenters. The van der Waals surface area contributed by atoms with Crippen molar-refractivity contribution in [1.82, 2.24) is 9.97 Å². The smallest absolute Gasteiger partial charge is 0.221 e. The second-order valence-corrected chi connectivity index (χ2v) is 6.13. The van der Waals surface area contributed by atoms with E-state index in [9.17, 15) is 0 Å². The van der Waals surface area contributed by atoms with Gasteiger partial charge >= 0.3 is 0 Å². The van der Waals surface area contributed by atoms with Gasteiger partial charge in [-0.3, -0.25) is 0 Å². The first kappa shape index (κ1) is 13.6. The summed E-state index contributed by atoms with van der Waals surface area (Å²) < 4.78 is 0.869. The first-order valence-electron chi connectivity index (χ1n) is 6.67. The molecule has 0 bridgehead atoms. The van der Waals surface area contributed by atoms with Crippen molar-refractivity contribution in [2.75, 3.05) is 17.6 Å². The minimum Gasteiger partial charge on any atom is -0.369 e. The zero-order valence-electron chi connectivity index (χ0n) is 10.8. The third-order valence-corrected chi connectivity index (χ3v) is 4.23. The molecule has 4 nitrogen and oxygen atoms in total. The van der Waals surface area contributed by atoms with E-state index in [0.29, 0.717) is 5.95 Å². The van der Waals surface area contributed by atoms with Crippen LogP contribution in [0, 0.1) is 11.8 Å². The van der Waals surface area contributed by atoms with Crippen molar-refractivity contribution < 1.29 is 0 Å². The SMILES string of the molecule is CC1CCCC(CCNc2nc(N)ncc2Br)C1. The van der Waals surface area contributed by atoms with Crippen molar-refractivity contribution in [3.63, 3.8) is 0 Å². The van der Waals surface area contributed by atoms with Gasteiger partial charge in [0, 0.05) is 12.7 Å². The van der Waals surface area contributed by atoms with Crippen molar-refractivity contribution in [2.24, 2.45) is 11.8 Å². The van der Waals surface area contributed by atoms with E-state index in [1.165, 1.54) is 32.1 Å². The molecule has 18 heavy (non-hydrogen) atoms. The third-order valence-electron chi connectivity index (χ3n) is 3.65. The number of nitrogens with zero attached hydrogens (tertiary/aromatic N) is 2. The molecule has 0 aliphatic heterocycles. The number of anilines is 2. The average molecular weight is 313 g/mol. The molecule has 2 atom stereocenters.